The van der Waals surface area contributed by atoms with Crippen LogP contribution >= 0.6 is 0 Å². The van der Waals surface area contributed by atoms with Crippen molar-refractivity contribution in [2.45, 2.75) is 70.7 Å². The first-order valence-corrected chi connectivity index (χ1v) is 14.1. The van der Waals surface area contributed by atoms with Gasteiger partial charge in [0.05, 0.1) is 41.0 Å². The van der Waals surface area contributed by atoms with Crippen LogP contribution in [0.2, 0.25) is 0 Å². The molecule has 10 heteroatoms. The maximum atomic E-state index is 15.1. The molecule has 3 aliphatic heterocycles. The largest absolute Gasteiger partial charge is 0.458 e. The Kier molecular flexibility index (Phi) is 5.66. The first kappa shape index (κ1) is 25.3. The molecule has 1 fully saturated rings. The third-order valence-corrected chi connectivity index (χ3v) is 9.36. The van der Waals surface area contributed by atoms with Crippen molar-refractivity contribution in [2.24, 2.45) is 5.92 Å². The SMILES string of the molecule is CC[C@@]1(O)C(=O)OCc2c1cc1n(c2=O)Cc2c-1nc1cc(F)c(C)c3c1c2[C@@H](NC(=O)C1CCCNC1)CC3. The number of carbonyl (C=O) groups excluding carboxylic acids is 2. The number of nitrogens with zero attached hydrogens (tertiary/aromatic N) is 2. The third kappa shape index (κ3) is 3.45. The van der Waals surface area contributed by atoms with E-state index in [0.29, 0.717) is 41.9 Å². The van der Waals surface area contributed by atoms with E-state index < -0.39 is 11.6 Å². The van der Waals surface area contributed by atoms with Gasteiger partial charge in [-0.15, -0.1) is 0 Å². The van der Waals surface area contributed by atoms with E-state index in [1.807, 2.05) is 0 Å². The lowest BCUT2D eigenvalue weighted by Gasteiger charge is -2.31. The summed E-state index contributed by atoms with van der Waals surface area (Å²) in [6.45, 7) is 4.98. The quantitative estimate of drug-likeness (QED) is 0.338. The molecule has 1 amide bonds. The van der Waals surface area contributed by atoms with Crippen LogP contribution in [-0.4, -0.2) is 39.6 Å². The summed E-state index contributed by atoms with van der Waals surface area (Å²) in [5.41, 5.74) is 2.77. The van der Waals surface area contributed by atoms with E-state index in [-0.39, 0.29) is 59.9 Å². The van der Waals surface area contributed by atoms with Crippen LogP contribution in [0.4, 0.5) is 4.39 Å². The van der Waals surface area contributed by atoms with Gasteiger partial charge in [0.25, 0.3) is 5.56 Å². The van der Waals surface area contributed by atoms with Crippen LogP contribution < -0.4 is 16.2 Å². The summed E-state index contributed by atoms with van der Waals surface area (Å²) in [4.78, 5) is 44.5. The van der Waals surface area contributed by atoms with Gasteiger partial charge in [-0.05, 0) is 68.3 Å². The Bertz CT molecular complexity index is 1690. The molecule has 2 aromatic heterocycles. The number of cyclic esters (lactones) is 1. The molecule has 0 radical (unpaired) electrons. The normalized spacial score (nSPS) is 24.8. The van der Waals surface area contributed by atoms with Crippen molar-refractivity contribution in [3.05, 3.63) is 61.7 Å². The van der Waals surface area contributed by atoms with Crippen molar-refractivity contribution < 1.29 is 23.8 Å². The van der Waals surface area contributed by atoms with Crippen LogP contribution in [0.1, 0.15) is 72.0 Å². The van der Waals surface area contributed by atoms with E-state index in [0.717, 1.165) is 41.5 Å². The third-order valence-electron chi connectivity index (χ3n) is 9.36. The van der Waals surface area contributed by atoms with E-state index in [4.69, 9.17) is 9.72 Å². The van der Waals surface area contributed by atoms with Gasteiger partial charge in [-0.1, -0.05) is 6.92 Å². The molecule has 0 saturated carbocycles. The zero-order valence-electron chi connectivity index (χ0n) is 22.5. The van der Waals surface area contributed by atoms with E-state index in [1.54, 1.807) is 24.5 Å². The zero-order valence-corrected chi connectivity index (χ0v) is 22.5. The first-order valence-electron chi connectivity index (χ1n) is 14.1. The van der Waals surface area contributed by atoms with Crippen LogP contribution in [0, 0.1) is 18.7 Å². The van der Waals surface area contributed by atoms with Crippen LogP contribution in [0.15, 0.2) is 16.9 Å². The fourth-order valence-corrected chi connectivity index (χ4v) is 7.06. The van der Waals surface area contributed by atoms with Crippen molar-refractivity contribution in [1.29, 1.82) is 0 Å². The van der Waals surface area contributed by atoms with Gasteiger partial charge in [0.1, 0.15) is 12.4 Å². The first-order chi connectivity index (χ1) is 19.2. The number of hydrogen-bond acceptors (Lipinski definition) is 7. The lowest BCUT2D eigenvalue weighted by atomic mass is 9.81. The molecule has 1 unspecified atom stereocenters. The van der Waals surface area contributed by atoms with E-state index in [1.165, 1.54) is 6.07 Å². The molecule has 9 nitrogen and oxygen atoms in total. The second-order valence-corrected chi connectivity index (χ2v) is 11.5. The van der Waals surface area contributed by atoms with Crippen molar-refractivity contribution in [1.82, 2.24) is 20.2 Å². The minimum absolute atomic E-state index is 0.00925. The molecule has 0 bridgehead atoms. The summed E-state index contributed by atoms with van der Waals surface area (Å²) in [6.07, 6.45) is 3.02. The second kappa shape index (κ2) is 8.94. The topological polar surface area (TPSA) is 123 Å². The highest BCUT2D eigenvalue weighted by Crippen LogP contribution is 2.46. The molecule has 4 aliphatic rings. The Balaban J connectivity index is 1.44. The van der Waals surface area contributed by atoms with Gasteiger partial charge in [-0.2, -0.15) is 0 Å². The molecule has 1 aromatic carbocycles. The lowest BCUT2D eigenvalue weighted by molar-refractivity contribution is -0.172. The zero-order chi connectivity index (χ0) is 27.9. The number of aliphatic hydroxyl groups is 1. The fraction of sp³-hybridized carbons (Fsp3) is 0.467. The van der Waals surface area contributed by atoms with Crippen molar-refractivity contribution >= 4 is 22.8 Å². The number of nitrogens with one attached hydrogen (secondary N) is 2. The lowest BCUT2D eigenvalue weighted by Crippen LogP contribution is -2.44. The predicted octanol–water partition coefficient (Wildman–Crippen LogP) is 2.63. The monoisotopic (exact) mass is 546 g/mol. The Morgan fingerprint density at radius 1 is 1.27 bits per heavy atom. The van der Waals surface area contributed by atoms with Crippen LogP contribution in [0.3, 0.4) is 0 Å². The smallest absolute Gasteiger partial charge is 0.343 e. The minimum Gasteiger partial charge on any atom is -0.458 e. The average molecular weight is 547 g/mol. The summed E-state index contributed by atoms with van der Waals surface area (Å²) in [5.74, 6) is -1.26. The number of carbonyl (C=O) groups is 2. The van der Waals surface area contributed by atoms with E-state index in [9.17, 15) is 19.5 Å². The molecule has 1 aliphatic carbocycles. The number of hydrogen-bond donors (Lipinski definition) is 3. The fourth-order valence-electron chi connectivity index (χ4n) is 7.06. The Morgan fingerprint density at radius 3 is 2.85 bits per heavy atom. The molecule has 0 spiro atoms. The Labute approximate surface area is 229 Å². The number of aryl methyl sites for hydroxylation is 1. The maximum absolute atomic E-state index is 15.1. The molecule has 208 valence electrons. The van der Waals surface area contributed by atoms with Gasteiger partial charge in [-0.25, -0.2) is 14.2 Å². The average Bonchev–Trinajstić information content (AvgIpc) is 3.33. The predicted molar refractivity (Wildman–Crippen MR) is 144 cm³/mol. The van der Waals surface area contributed by atoms with Crippen molar-refractivity contribution in [3.8, 4) is 11.4 Å². The number of piperidine rings is 1. The number of fused-ring (bicyclic) bond motifs is 5. The molecular weight excluding hydrogens is 515 g/mol. The number of esters is 1. The Morgan fingerprint density at radius 2 is 2.10 bits per heavy atom. The number of pyridine rings is 2. The van der Waals surface area contributed by atoms with Gasteiger partial charge >= 0.3 is 5.97 Å². The summed E-state index contributed by atoms with van der Waals surface area (Å²) in [5, 5.41) is 18.6. The van der Waals surface area contributed by atoms with Crippen molar-refractivity contribution in [3.63, 3.8) is 0 Å². The molecular formula is C30H31FN4O5. The minimum atomic E-state index is -1.93. The number of aromatic nitrogens is 2. The number of halogens is 1. The highest BCUT2D eigenvalue weighted by molar-refractivity contribution is 5.94. The number of benzene rings is 1. The summed E-state index contributed by atoms with van der Waals surface area (Å²) >= 11 is 0. The molecule has 40 heavy (non-hydrogen) atoms. The summed E-state index contributed by atoms with van der Waals surface area (Å²) in [7, 11) is 0. The molecule has 5 heterocycles. The number of ether oxygens (including phenoxy) is 1. The van der Waals surface area contributed by atoms with E-state index >= 15 is 4.39 Å². The standard InChI is InChI=1S/C30H31FN4O5/c1-3-30(39)19-9-23-26-17(12-35(23)28(37)18(19)13-40-29(30)38)25-21(34-27(36)15-5-4-8-32-11-15)7-6-16-14(2)20(31)10-22(33-26)24(16)25/h9-10,15,21,32,39H,3-8,11-13H2,1-2H3,(H,34,36)/t15?,21-,30-/m0/s1. The Hall–Kier alpha value is -3.63. The van der Waals surface area contributed by atoms with Crippen LogP contribution in [0.25, 0.3) is 22.3 Å². The van der Waals surface area contributed by atoms with Gasteiger partial charge < -0.3 is 25.0 Å². The summed E-state index contributed by atoms with van der Waals surface area (Å²) < 4.78 is 21.9. The molecule has 3 N–H and O–H groups in total. The van der Waals surface area contributed by atoms with Crippen LogP contribution in [0.5, 0.6) is 0 Å². The van der Waals surface area contributed by atoms with Crippen molar-refractivity contribution in [2.75, 3.05) is 13.1 Å². The molecule has 1 saturated heterocycles. The summed E-state index contributed by atoms with van der Waals surface area (Å²) in [6, 6.07) is 2.77. The highest BCUT2D eigenvalue weighted by atomic mass is 19.1. The molecule has 7 rings (SSSR count). The van der Waals surface area contributed by atoms with E-state index in [2.05, 4.69) is 10.6 Å². The second-order valence-electron chi connectivity index (χ2n) is 11.5. The maximum Gasteiger partial charge on any atom is 0.343 e. The number of amides is 1. The molecule has 3 aromatic rings. The van der Waals surface area contributed by atoms with Gasteiger partial charge in [-0.3, -0.25) is 9.59 Å². The molecule has 3 atom stereocenters. The van der Waals surface area contributed by atoms with Gasteiger partial charge in [0, 0.05) is 29.1 Å². The highest BCUT2D eigenvalue weighted by Gasteiger charge is 2.46. The van der Waals surface area contributed by atoms with Crippen LogP contribution in [-0.2, 0) is 39.5 Å². The van der Waals surface area contributed by atoms with Gasteiger partial charge in [0.2, 0.25) is 5.91 Å². The van der Waals surface area contributed by atoms with Gasteiger partial charge in [0.15, 0.2) is 5.60 Å². The number of rotatable bonds is 3.